The molecule has 0 fully saturated rings. The van der Waals surface area contributed by atoms with Crippen LogP contribution in [-0.2, 0) is 17.8 Å². The minimum absolute atomic E-state index is 0.00651. The van der Waals surface area contributed by atoms with Crippen molar-refractivity contribution in [3.63, 3.8) is 0 Å². The Labute approximate surface area is 143 Å². The first-order valence-corrected chi connectivity index (χ1v) is 9.20. The van der Waals surface area contributed by atoms with Crippen molar-refractivity contribution in [2.45, 2.75) is 44.6 Å². The molecule has 128 valence electrons. The number of hydrogen-bond donors (Lipinski definition) is 2. The van der Waals surface area contributed by atoms with E-state index in [0.717, 1.165) is 19.5 Å². The fraction of sp³-hybridized carbons (Fsp3) is 0.611. The second-order valence-corrected chi connectivity index (χ2v) is 8.91. The van der Waals surface area contributed by atoms with Crippen molar-refractivity contribution in [3.05, 3.63) is 35.4 Å². The third-order valence-corrected chi connectivity index (χ3v) is 5.12. The number of carbonyl (C=O) groups is 1. The molecule has 0 aromatic heterocycles. The highest BCUT2D eigenvalue weighted by Crippen LogP contribution is 2.22. The largest absolute Gasteiger partial charge is 0.390 e. The lowest BCUT2D eigenvalue weighted by Crippen LogP contribution is -2.42. The smallest absolute Gasteiger partial charge is 0.230 e. The van der Waals surface area contributed by atoms with Crippen LogP contribution in [0.25, 0.3) is 0 Å². The van der Waals surface area contributed by atoms with E-state index >= 15 is 0 Å². The molecular weight excluding hydrogens is 308 g/mol. The lowest BCUT2D eigenvalue weighted by atomic mass is 10.00. The minimum atomic E-state index is -0.524. The SMILES string of the molecule is CC(C)(C)SCC(=O)NCC(O)CN1CCc2ccccc2C1. The molecule has 1 aromatic rings. The lowest BCUT2D eigenvalue weighted by molar-refractivity contribution is -0.119. The molecule has 1 aliphatic rings. The molecule has 0 aliphatic carbocycles. The van der Waals surface area contributed by atoms with Crippen molar-refractivity contribution in [2.75, 3.05) is 25.4 Å². The van der Waals surface area contributed by atoms with Crippen LogP contribution in [-0.4, -0.2) is 52.2 Å². The Balaban J connectivity index is 1.69. The number of β-amino-alcohol motifs (C(OH)–C–C–N with tert-alkyl or cyclic N) is 1. The van der Waals surface area contributed by atoms with E-state index < -0.39 is 6.10 Å². The van der Waals surface area contributed by atoms with Crippen molar-refractivity contribution >= 4 is 17.7 Å². The fourth-order valence-electron chi connectivity index (χ4n) is 2.64. The number of fused-ring (bicyclic) bond motifs is 1. The summed E-state index contributed by atoms with van der Waals surface area (Å²) in [5.74, 6) is 0.431. The molecule has 4 nitrogen and oxygen atoms in total. The van der Waals surface area contributed by atoms with Crippen molar-refractivity contribution < 1.29 is 9.90 Å². The van der Waals surface area contributed by atoms with Crippen molar-refractivity contribution in [2.24, 2.45) is 0 Å². The normalized spacial score (nSPS) is 16.7. The van der Waals surface area contributed by atoms with Gasteiger partial charge in [-0.25, -0.2) is 0 Å². The average Bonchev–Trinajstić information content (AvgIpc) is 2.50. The van der Waals surface area contributed by atoms with Gasteiger partial charge in [-0.1, -0.05) is 45.0 Å². The molecular formula is C18H28N2O2S. The maximum atomic E-state index is 11.8. The Bertz CT molecular complexity index is 528. The summed E-state index contributed by atoms with van der Waals surface area (Å²) in [5.41, 5.74) is 2.75. The number of rotatable bonds is 6. The topological polar surface area (TPSA) is 52.6 Å². The summed E-state index contributed by atoms with van der Waals surface area (Å²) >= 11 is 1.62. The standard InChI is InChI=1S/C18H28N2O2S/c1-18(2,3)23-13-17(22)19-10-16(21)12-20-9-8-14-6-4-5-7-15(14)11-20/h4-7,16,21H,8-13H2,1-3H3,(H,19,22). The van der Waals surface area contributed by atoms with Gasteiger partial charge in [0.15, 0.2) is 0 Å². The molecule has 0 saturated carbocycles. The summed E-state index contributed by atoms with van der Waals surface area (Å²) in [6.45, 7) is 9.03. The van der Waals surface area contributed by atoms with E-state index in [0.29, 0.717) is 18.8 Å². The molecule has 1 aliphatic heterocycles. The summed E-state index contributed by atoms with van der Waals surface area (Å²) in [4.78, 5) is 14.0. The Morgan fingerprint density at radius 2 is 2.04 bits per heavy atom. The summed E-state index contributed by atoms with van der Waals surface area (Å²) in [7, 11) is 0. The molecule has 0 radical (unpaired) electrons. The van der Waals surface area contributed by atoms with Crippen LogP contribution in [0.2, 0.25) is 0 Å². The highest BCUT2D eigenvalue weighted by Gasteiger charge is 2.19. The van der Waals surface area contributed by atoms with E-state index in [1.54, 1.807) is 11.8 Å². The van der Waals surface area contributed by atoms with Gasteiger partial charge >= 0.3 is 0 Å². The zero-order valence-corrected chi connectivity index (χ0v) is 15.2. The number of aliphatic hydroxyl groups excluding tert-OH is 1. The second kappa shape index (κ2) is 8.18. The first-order valence-electron chi connectivity index (χ1n) is 8.21. The molecule has 1 heterocycles. The quantitative estimate of drug-likeness (QED) is 0.835. The highest BCUT2D eigenvalue weighted by atomic mass is 32.2. The Hall–Kier alpha value is -1.04. The summed E-state index contributed by atoms with van der Waals surface area (Å²) < 4.78 is 0.0805. The van der Waals surface area contributed by atoms with Gasteiger partial charge in [0, 0.05) is 30.9 Å². The van der Waals surface area contributed by atoms with Crippen LogP contribution in [0.4, 0.5) is 0 Å². The molecule has 0 spiro atoms. The Morgan fingerprint density at radius 3 is 2.74 bits per heavy atom. The summed E-state index contributed by atoms with van der Waals surface area (Å²) in [6.07, 6.45) is 0.501. The number of nitrogens with one attached hydrogen (secondary N) is 1. The maximum absolute atomic E-state index is 11.8. The number of amides is 1. The fourth-order valence-corrected chi connectivity index (χ4v) is 3.30. The van der Waals surface area contributed by atoms with E-state index in [1.165, 1.54) is 11.1 Å². The van der Waals surface area contributed by atoms with Gasteiger partial charge in [-0.2, -0.15) is 0 Å². The number of carbonyl (C=O) groups excluding carboxylic acids is 1. The van der Waals surface area contributed by atoms with Crippen LogP contribution < -0.4 is 5.32 Å². The van der Waals surface area contributed by atoms with E-state index in [9.17, 15) is 9.90 Å². The van der Waals surface area contributed by atoms with Crippen LogP contribution in [0.15, 0.2) is 24.3 Å². The van der Waals surface area contributed by atoms with Crippen LogP contribution >= 0.6 is 11.8 Å². The molecule has 0 bridgehead atoms. The number of thioether (sulfide) groups is 1. The third-order valence-electron chi connectivity index (χ3n) is 3.85. The predicted octanol–water partition coefficient (Wildman–Crippen LogP) is 2.05. The molecule has 5 heteroatoms. The van der Waals surface area contributed by atoms with Crippen molar-refractivity contribution in [1.82, 2.24) is 10.2 Å². The summed E-state index contributed by atoms with van der Waals surface area (Å²) in [6, 6.07) is 8.47. The van der Waals surface area contributed by atoms with E-state index in [1.807, 2.05) is 0 Å². The zero-order valence-electron chi connectivity index (χ0n) is 14.3. The zero-order chi connectivity index (χ0) is 16.9. The lowest BCUT2D eigenvalue weighted by Gasteiger charge is -2.30. The predicted molar refractivity (Wildman–Crippen MR) is 96.7 cm³/mol. The van der Waals surface area contributed by atoms with Gasteiger partial charge < -0.3 is 10.4 Å². The Morgan fingerprint density at radius 1 is 1.35 bits per heavy atom. The van der Waals surface area contributed by atoms with Crippen LogP contribution in [0, 0.1) is 0 Å². The Kier molecular flexibility index (Phi) is 6.50. The molecule has 1 amide bonds. The van der Waals surface area contributed by atoms with Gasteiger partial charge in [-0.05, 0) is 17.5 Å². The number of aliphatic hydroxyl groups is 1. The number of hydrogen-bond acceptors (Lipinski definition) is 4. The molecule has 2 rings (SSSR count). The first-order chi connectivity index (χ1) is 10.8. The molecule has 23 heavy (non-hydrogen) atoms. The molecule has 1 unspecified atom stereocenters. The van der Waals surface area contributed by atoms with Gasteiger partial charge in [-0.15, -0.1) is 11.8 Å². The third kappa shape index (κ3) is 6.53. The molecule has 1 aromatic carbocycles. The van der Waals surface area contributed by atoms with Crippen molar-refractivity contribution in [1.29, 1.82) is 0 Å². The van der Waals surface area contributed by atoms with E-state index in [4.69, 9.17) is 0 Å². The van der Waals surface area contributed by atoms with Crippen LogP contribution in [0.5, 0.6) is 0 Å². The van der Waals surface area contributed by atoms with Crippen LogP contribution in [0.1, 0.15) is 31.9 Å². The molecule has 2 N–H and O–H groups in total. The maximum Gasteiger partial charge on any atom is 0.230 e. The number of nitrogens with zero attached hydrogens (tertiary/aromatic N) is 1. The molecule has 1 atom stereocenters. The second-order valence-electron chi connectivity index (χ2n) is 7.11. The number of benzene rings is 1. The van der Waals surface area contributed by atoms with Gasteiger partial charge in [0.2, 0.25) is 5.91 Å². The van der Waals surface area contributed by atoms with Gasteiger partial charge in [-0.3, -0.25) is 9.69 Å². The summed E-state index contributed by atoms with van der Waals surface area (Å²) in [5, 5.41) is 13.0. The van der Waals surface area contributed by atoms with Gasteiger partial charge in [0.25, 0.3) is 0 Å². The average molecular weight is 337 g/mol. The van der Waals surface area contributed by atoms with Gasteiger partial charge in [0.05, 0.1) is 11.9 Å². The van der Waals surface area contributed by atoms with Gasteiger partial charge in [0.1, 0.15) is 0 Å². The van der Waals surface area contributed by atoms with E-state index in [2.05, 4.69) is 55.3 Å². The van der Waals surface area contributed by atoms with E-state index in [-0.39, 0.29) is 10.7 Å². The monoisotopic (exact) mass is 336 g/mol. The highest BCUT2D eigenvalue weighted by molar-refractivity contribution is 8.01. The minimum Gasteiger partial charge on any atom is -0.390 e. The molecule has 0 saturated heterocycles. The van der Waals surface area contributed by atoms with Crippen LogP contribution in [0.3, 0.4) is 0 Å². The first kappa shape index (κ1) is 18.3. The van der Waals surface area contributed by atoms with Crippen molar-refractivity contribution in [3.8, 4) is 0 Å².